The number of rotatable bonds is 5. The van der Waals surface area contributed by atoms with E-state index in [0.29, 0.717) is 6.61 Å². The van der Waals surface area contributed by atoms with Gasteiger partial charge in [0.05, 0.1) is 13.7 Å². The van der Waals surface area contributed by atoms with Crippen LogP contribution in [0.5, 0.6) is 11.5 Å². The number of methoxy groups -OCH3 is 1. The van der Waals surface area contributed by atoms with Crippen LogP contribution in [0.2, 0.25) is 0 Å². The van der Waals surface area contributed by atoms with E-state index in [1.807, 2.05) is 25.1 Å². The van der Waals surface area contributed by atoms with E-state index >= 15 is 0 Å². The molecule has 0 N–H and O–H groups in total. The summed E-state index contributed by atoms with van der Waals surface area (Å²) in [4.78, 5) is 0. The van der Waals surface area contributed by atoms with Crippen molar-refractivity contribution in [1.82, 2.24) is 0 Å². The molecule has 2 rings (SSSR count). The van der Waals surface area contributed by atoms with Crippen molar-refractivity contribution >= 4 is 0 Å². The van der Waals surface area contributed by atoms with Gasteiger partial charge >= 0.3 is 0 Å². The highest BCUT2D eigenvalue weighted by atomic mass is 16.5. The average Bonchev–Trinajstić information content (AvgIpc) is 2.39. The van der Waals surface area contributed by atoms with Crippen molar-refractivity contribution in [3.63, 3.8) is 0 Å². The van der Waals surface area contributed by atoms with Crippen LogP contribution in [-0.4, -0.2) is 13.7 Å². The Balaban J connectivity index is 2.20. The van der Waals surface area contributed by atoms with Gasteiger partial charge in [0.15, 0.2) is 0 Å². The first kappa shape index (κ1) is 13.5. The van der Waals surface area contributed by atoms with Gasteiger partial charge in [0.1, 0.15) is 11.5 Å². The molecule has 0 heterocycles. The molecule has 0 unspecified atom stereocenters. The molecule has 0 aliphatic carbocycles. The lowest BCUT2D eigenvalue weighted by Gasteiger charge is -2.09. The molecule has 0 aliphatic rings. The Morgan fingerprint density at radius 3 is 2.47 bits per heavy atom. The summed E-state index contributed by atoms with van der Waals surface area (Å²) < 4.78 is 10.8. The van der Waals surface area contributed by atoms with Gasteiger partial charge in [0.2, 0.25) is 0 Å². The maximum absolute atomic E-state index is 5.53. The van der Waals surface area contributed by atoms with Gasteiger partial charge in [0.25, 0.3) is 0 Å². The molecule has 0 aliphatic heterocycles. The highest BCUT2D eigenvalue weighted by molar-refractivity contribution is 5.38. The predicted octanol–water partition coefficient (Wildman–Crippen LogP) is 3.99. The van der Waals surface area contributed by atoms with Gasteiger partial charge < -0.3 is 9.47 Å². The minimum atomic E-state index is 0.696. The Morgan fingerprint density at radius 1 is 0.947 bits per heavy atom. The second kappa shape index (κ2) is 6.28. The van der Waals surface area contributed by atoms with Gasteiger partial charge in [0, 0.05) is 0 Å². The number of hydrogen-bond acceptors (Lipinski definition) is 2. The quantitative estimate of drug-likeness (QED) is 0.805. The minimum Gasteiger partial charge on any atom is -0.497 e. The van der Waals surface area contributed by atoms with E-state index in [1.54, 1.807) is 7.11 Å². The lowest BCUT2D eigenvalue weighted by atomic mass is 10.0. The molecule has 0 atom stereocenters. The minimum absolute atomic E-state index is 0.696. The van der Waals surface area contributed by atoms with Crippen LogP contribution >= 0.6 is 0 Å². The first-order valence-electron chi connectivity index (χ1n) is 6.57. The smallest absolute Gasteiger partial charge is 0.119 e. The van der Waals surface area contributed by atoms with Gasteiger partial charge in [-0.05, 0) is 61.2 Å². The Bertz CT molecular complexity index is 547. The first-order valence-corrected chi connectivity index (χ1v) is 6.57. The predicted molar refractivity (Wildman–Crippen MR) is 78.1 cm³/mol. The molecule has 2 aromatic rings. The van der Waals surface area contributed by atoms with Crippen LogP contribution in [0.15, 0.2) is 42.5 Å². The SMILES string of the molecule is CCOc1cccc(Cc2cc(C)cc(OC)c2)c1. The molecule has 2 heteroatoms. The number of benzene rings is 2. The van der Waals surface area contributed by atoms with Crippen LogP contribution in [0, 0.1) is 6.92 Å². The molecule has 0 bridgehead atoms. The summed E-state index contributed by atoms with van der Waals surface area (Å²) >= 11 is 0. The molecule has 0 amide bonds. The topological polar surface area (TPSA) is 18.5 Å². The average molecular weight is 256 g/mol. The maximum Gasteiger partial charge on any atom is 0.119 e. The summed E-state index contributed by atoms with van der Waals surface area (Å²) in [6, 6.07) is 14.6. The summed E-state index contributed by atoms with van der Waals surface area (Å²) in [5.74, 6) is 1.84. The fourth-order valence-corrected chi connectivity index (χ4v) is 2.19. The van der Waals surface area contributed by atoms with Gasteiger partial charge in [-0.2, -0.15) is 0 Å². The van der Waals surface area contributed by atoms with Crippen LogP contribution in [0.4, 0.5) is 0 Å². The van der Waals surface area contributed by atoms with E-state index < -0.39 is 0 Å². The lowest BCUT2D eigenvalue weighted by Crippen LogP contribution is -1.94. The molecule has 0 fully saturated rings. The first-order chi connectivity index (χ1) is 9.21. The van der Waals surface area contributed by atoms with E-state index in [0.717, 1.165) is 17.9 Å². The van der Waals surface area contributed by atoms with Crippen molar-refractivity contribution in [1.29, 1.82) is 0 Å². The number of ether oxygens (including phenoxy) is 2. The fourth-order valence-electron chi connectivity index (χ4n) is 2.19. The Labute approximate surface area is 115 Å². The monoisotopic (exact) mass is 256 g/mol. The molecular weight excluding hydrogens is 236 g/mol. The molecular formula is C17H20O2. The fraction of sp³-hybridized carbons (Fsp3) is 0.294. The summed E-state index contributed by atoms with van der Waals surface area (Å²) in [6.45, 7) is 4.78. The summed E-state index contributed by atoms with van der Waals surface area (Å²) in [5, 5.41) is 0. The third-order valence-corrected chi connectivity index (χ3v) is 2.96. The van der Waals surface area contributed by atoms with Crippen molar-refractivity contribution in [2.75, 3.05) is 13.7 Å². The second-order valence-electron chi connectivity index (χ2n) is 4.62. The van der Waals surface area contributed by atoms with Crippen molar-refractivity contribution in [3.8, 4) is 11.5 Å². The van der Waals surface area contributed by atoms with Crippen LogP contribution in [-0.2, 0) is 6.42 Å². The molecule has 100 valence electrons. The van der Waals surface area contributed by atoms with Crippen LogP contribution in [0.3, 0.4) is 0 Å². The van der Waals surface area contributed by atoms with Crippen LogP contribution < -0.4 is 9.47 Å². The molecule has 0 radical (unpaired) electrons. The van der Waals surface area contributed by atoms with E-state index in [-0.39, 0.29) is 0 Å². The van der Waals surface area contributed by atoms with Crippen molar-refractivity contribution in [2.45, 2.75) is 20.3 Å². The normalized spacial score (nSPS) is 10.3. The van der Waals surface area contributed by atoms with E-state index in [2.05, 4.69) is 31.2 Å². The summed E-state index contributed by atoms with van der Waals surface area (Å²) in [6.07, 6.45) is 0.888. The maximum atomic E-state index is 5.53. The Kier molecular flexibility index (Phi) is 4.45. The second-order valence-corrected chi connectivity index (χ2v) is 4.62. The molecule has 0 aromatic heterocycles. The number of hydrogen-bond donors (Lipinski definition) is 0. The summed E-state index contributed by atoms with van der Waals surface area (Å²) in [7, 11) is 1.70. The summed E-state index contributed by atoms with van der Waals surface area (Å²) in [5.41, 5.74) is 3.72. The van der Waals surface area contributed by atoms with Gasteiger partial charge in [-0.15, -0.1) is 0 Å². The molecule has 0 saturated carbocycles. The van der Waals surface area contributed by atoms with E-state index in [4.69, 9.17) is 9.47 Å². The zero-order valence-electron chi connectivity index (χ0n) is 11.8. The van der Waals surface area contributed by atoms with E-state index in [1.165, 1.54) is 16.7 Å². The highest BCUT2D eigenvalue weighted by Crippen LogP contribution is 2.21. The van der Waals surface area contributed by atoms with Crippen molar-refractivity contribution in [3.05, 3.63) is 59.2 Å². The van der Waals surface area contributed by atoms with Crippen molar-refractivity contribution in [2.24, 2.45) is 0 Å². The standard InChI is InChI=1S/C17H20O2/c1-4-19-16-7-5-6-14(11-16)10-15-8-13(2)9-17(12-15)18-3/h5-9,11-12H,4,10H2,1-3H3. The molecule has 0 saturated heterocycles. The third-order valence-electron chi connectivity index (χ3n) is 2.96. The number of aryl methyl sites for hydroxylation is 1. The zero-order chi connectivity index (χ0) is 13.7. The largest absolute Gasteiger partial charge is 0.497 e. The molecule has 19 heavy (non-hydrogen) atoms. The van der Waals surface area contributed by atoms with Gasteiger partial charge in [-0.3, -0.25) is 0 Å². The van der Waals surface area contributed by atoms with Crippen LogP contribution in [0.25, 0.3) is 0 Å². The highest BCUT2D eigenvalue weighted by Gasteiger charge is 2.02. The van der Waals surface area contributed by atoms with Gasteiger partial charge in [-0.25, -0.2) is 0 Å². The van der Waals surface area contributed by atoms with Crippen LogP contribution in [0.1, 0.15) is 23.6 Å². The van der Waals surface area contributed by atoms with Gasteiger partial charge in [-0.1, -0.05) is 18.2 Å². The third kappa shape index (κ3) is 3.75. The molecule has 2 aromatic carbocycles. The molecule has 2 nitrogen and oxygen atoms in total. The van der Waals surface area contributed by atoms with Crippen molar-refractivity contribution < 1.29 is 9.47 Å². The molecule has 0 spiro atoms. The zero-order valence-corrected chi connectivity index (χ0v) is 11.8. The Morgan fingerprint density at radius 2 is 1.74 bits per heavy atom. The van der Waals surface area contributed by atoms with E-state index in [9.17, 15) is 0 Å². The Hall–Kier alpha value is -1.96. The lowest BCUT2D eigenvalue weighted by molar-refractivity contribution is 0.340.